The zero-order valence-electron chi connectivity index (χ0n) is 10.6. The number of fused-ring (bicyclic) bond motifs is 1. The summed E-state index contributed by atoms with van der Waals surface area (Å²) in [6.45, 7) is 2.02. The smallest absolute Gasteiger partial charge is 0.143 e. The van der Waals surface area contributed by atoms with Gasteiger partial charge in [0.2, 0.25) is 0 Å². The van der Waals surface area contributed by atoms with E-state index in [4.69, 9.17) is 4.74 Å². The first-order valence-corrected chi connectivity index (χ1v) is 6.31. The summed E-state index contributed by atoms with van der Waals surface area (Å²) in [6, 6.07) is 5.87. The number of hydrogen-bond acceptors (Lipinski definition) is 4. The van der Waals surface area contributed by atoms with Gasteiger partial charge in [0, 0.05) is 11.1 Å². The Labute approximate surface area is 116 Å². The molecule has 1 N–H and O–H groups in total. The first-order chi connectivity index (χ1) is 9.19. The Hall–Kier alpha value is -2.01. The minimum absolute atomic E-state index is 0.723. The summed E-state index contributed by atoms with van der Waals surface area (Å²) < 4.78 is 5.43. The van der Waals surface area contributed by atoms with Crippen LogP contribution >= 0.6 is 12.6 Å². The molecule has 0 bridgehead atoms. The van der Waals surface area contributed by atoms with Gasteiger partial charge in [-0.05, 0) is 30.7 Å². The number of benzene rings is 1. The molecule has 0 fully saturated rings. The number of thiol groups is 1. The fraction of sp³-hybridized carbons (Fsp3) is 0.143. The van der Waals surface area contributed by atoms with Gasteiger partial charge in [-0.15, -0.1) is 12.6 Å². The van der Waals surface area contributed by atoms with Crippen LogP contribution in [0.1, 0.15) is 5.56 Å². The van der Waals surface area contributed by atoms with Crippen molar-refractivity contribution in [3.63, 3.8) is 0 Å². The number of aromatic amines is 1. The molecule has 2 aromatic heterocycles. The van der Waals surface area contributed by atoms with Crippen molar-refractivity contribution in [2.75, 3.05) is 7.11 Å². The van der Waals surface area contributed by atoms with E-state index in [0.29, 0.717) is 0 Å². The van der Waals surface area contributed by atoms with Gasteiger partial charge in [-0.1, -0.05) is 0 Å². The lowest BCUT2D eigenvalue weighted by atomic mass is 10.1. The molecule has 3 rings (SSSR count). The van der Waals surface area contributed by atoms with Gasteiger partial charge in [0.1, 0.15) is 11.6 Å². The minimum atomic E-state index is 0.723. The lowest BCUT2D eigenvalue weighted by molar-refractivity contribution is 0.406. The van der Waals surface area contributed by atoms with E-state index in [2.05, 4.69) is 27.6 Å². The first kappa shape index (κ1) is 12.0. The second-order valence-corrected chi connectivity index (χ2v) is 4.82. The van der Waals surface area contributed by atoms with Crippen LogP contribution in [-0.2, 0) is 0 Å². The van der Waals surface area contributed by atoms with Crippen LogP contribution in [0.2, 0.25) is 0 Å². The fourth-order valence-electron chi connectivity index (χ4n) is 2.13. The van der Waals surface area contributed by atoms with E-state index in [-0.39, 0.29) is 0 Å². The molecule has 0 saturated carbocycles. The summed E-state index contributed by atoms with van der Waals surface area (Å²) in [6.07, 6.45) is 3.49. The van der Waals surface area contributed by atoms with Crippen LogP contribution in [0, 0.1) is 6.92 Å². The van der Waals surface area contributed by atoms with Gasteiger partial charge in [0.15, 0.2) is 0 Å². The number of methoxy groups -OCH3 is 1. The summed E-state index contributed by atoms with van der Waals surface area (Å²) in [5.41, 5.74) is 3.80. The van der Waals surface area contributed by atoms with Crippen molar-refractivity contribution in [2.45, 2.75) is 11.8 Å². The highest BCUT2D eigenvalue weighted by Gasteiger charge is 2.13. The standard InChI is InChI=1S/C14H13N3OS/c1-8-5-9(13(18-2)12(19)6-8)14-16-10-3-4-15-7-11(10)17-14/h3-7,19H,1-2H3,(H,16,17). The van der Waals surface area contributed by atoms with E-state index in [1.54, 1.807) is 19.5 Å². The Morgan fingerprint density at radius 2 is 2.16 bits per heavy atom. The monoisotopic (exact) mass is 271 g/mol. The molecule has 0 unspecified atom stereocenters. The third kappa shape index (κ3) is 2.06. The molecular formula is C14H13N3OS. The van der Waals surface area contributed by atoms with Crippen molar-refractivity contribution >= 4 is 23.7 Å². The number of pyridine rings is 1. The number of hydrogen-bond donors (Lipinski definition) is 2. The Morgan fingerprint density at radius 1 is 1.32 bits per heavy atom. The number of aromatic nitrogens is 3. The second-order valence-electron chi connectivity index (χ2n) is 4.34. The summed E-state index contributed by atoms with van der Waals surface area (Å²) in [7, 11) is 1.64. The molecular weight excluding hydrogens is 258 g/mol. The summed E-state index contributed by atoms with van der Waals surface area (Å²) >= 11 is 4.45. The Morgan fingerprint density at radius 3 is 2.89 bits per heavy atom. The molecule has 19 heavy (non-hydrogen) atoms. The summed E-state index contributed by atoms with van der Waals surface area (Å²) in [5.74, 6) is 1.49. The second kappa shape index (κ2) is 4.59. The first-order valence-electron chi connectivity index (χ1n) is 5.86. The van der Waals surface area contributed by atoms with Crippen molar-refractivity contribution in [3.05, 3.63) is 36.2 Å². The number of H-pyrrole nitrogens is 1. The molecule has 0 saturated heterocycles. The van der Waals surface area contributed by atoms with Gasteiger partial charge in [0.25, 0.3) is 0 Å². The molecule has 4 nitrogen and oxygen atoms in total. The quantitative estimate of drug-likeness (QED) is 0.704. The summed E-state index contributed by atoms with van der Waals surface area (Å²) in [4.78, 5) is 12.7. The average molecular weight is 271 g/mol. The maximum atomic E-state index is 5.43. The van der Waals surface area contributed by atoms with Gasteiger partial charge >= 0.3 is 0 Å². The van der Waals surface area contributed by atoms with E-state index in [1.807, 2.05) is 25.1 Å². The van der Waals surface area contributed by atoms with Crippen LogP contribution in [0.5, 0.6) is 5.75 Å². The number of nitrogens with one attached hydrogen (secondary N) is 1. The molecule has 5 heteroatoms. The molecule has 0 spiro atoms. The maximum Gasteiger partial charge on any atom is 0.143 e. The lowest BCUT2D eigenvalue weighted by Crippen LogP contribution is -1.92. The Bertz CT molecular complexity index is 719. The van der Waals surface area contributed by atoms with E-state index in [9.17, 15) is 0 Å². The van der Waals surface area contributed by atoms with Gasteiger partial charge in [-0.3, -0.25) is 4.98 Å². The van der Waals surface area contributed by atoms with E-state index in [1.165, 1.54) is 0 Å². The normalized spacial score (nSPS) is 10.9. The number of aryl methyl sites for hydroxylation is 1. The third-order valence-corrected chi connectivity index (χ3v) is 3.29. The minimum Gasteiger partial charge on any atom is -0.495 e. The third-order valence-electron chi connectivity index (χ3n) is 2.96. The van der Waals surface area contributed by atoms with Gasteiger partial charge in [0.05, 0.1) is 29.9 Å². The molecule has 0 radical (unpaired) electrons. The summed E-state index contributed by atoms with van der Waals surface area (Å²) in [5, 5.41) is 0. The lowest BCUT2D eigenvalue weighted by Gasteiger charge is -2.10. The van der Waals surface area contributed by atoms with Crippen LogP contribution in [0.4, 0.5) is 0 Å². The van der Waals surface area contributed by atoms with E-state index >= 15 is 0 Å². The van der Waals surface area contributed by atoms with Crippen molar-refractivity contribution in [1.82, 2.24) is 15.0 Å². The fourth-order valence-corrected chi connectivity index (χ4v) is 2.54. The van der Waals surface area contributed by atoms with Crippen molar-refractivity contribution < 1.29 is 4.74 Å². The highest BCUT2D eigenvalue weighted by atomic mass is 32.1. The number of imidazole rings is 1. The molecule has 3 aromatic rings. The Balaban J connectivity index is 2.25. The van der Waals surface area contributed by atoms with Gasteiger partial charge in [-0.25, -0.2) is 4.98 Å². The molecule has 96 valence electrons. The van der Waals surface area contributed by atoms with Crippen LogP contribution < -0.4 is 4.74 Å². The van der Waals surface area contributed by atoms with Gasteiger partial charge < -0.3 is 9.72 Å². The maximum absolute atomic E-state index is 5.43. The highest BCUT2D eigenvalue weighted by molar-refractivity contribution is 7.80. The highest BCUT2D eigenvalue weighted by Crippen LogP contribution is 2.35. The molecule has 0 amide bonds. The molecule has 0 aliphatic heterocycles. The molecule has 0 aliphatic carbocycles. The molecule has 0 atom stereocenters. The van der Waals surface area contributed by atoms with E-state index < -0.39 is 0 Å². The predicted octanol–water partition coefficient (Wildman–Crippen LogP) is 3.23. The number of ether oxygens (including phenoxy) is 1. The predicted molar refractivity (Wildman–Crippen MR) is 77.9 cm³/mol. The van der Waals surface area contributed by atoms with Crippen molar-refractivity contribution in [3.8, 4) is 17.1 Å². The zero-order valence-corrected chi connectivity index (χ0v) is 11.5. The topological polar surface area (TPSA) is 50.8 Å². The van der Waals surface area contributed by atoms with Crippen LogP contribution in [0.3, 0.4) is 0 Å². The number of rotatable bonds is 2. The Kier molecular flexibility index (Phi) is 2.91. The zero-order chi connectivity index (χ0) is 13.4. The van der Waals surface area contributed by atoms with Crippen LogP contribution in [0.25, 0.3) is 22.4 Å². The van der Waals surface area contributed by atoms with Crippen LogP contribution in [-0.4, -0.2) is 22.1 Å². The molecule has 1 aromatic carbocycles. The number of nitrogens with zero attached hydrogens (tertiary/aromatic N) is 2. The molecule has 0 aliphatic rings. The largest absolute Gasteiger partial charge is 0.495 e. The van der Waals surface area contributed by atoms with Crippen molar-refractivity contribution in [1.29, 1.82) is 0 Å². The average Bonchev–Trinajstić information content (AvgIpc) is 2.81. The SMILES string of the molecule is COc1c(S)cc(C)cc1-c1nc2ccncc2[nH]1. The van der Waals surface area contributed by atoms with Gasteiger partial charge in [-0.2, -0.15) is 0 Å². The van der Waals surface area contributed by atoms with Crippen molar-refractivity contribution in [2.24, 2.45) is 0 Å². The van der Waals surface area contributed by atoms with E-state index in [0.717, 1.165) is 38.6 Å². The molecule has 2 heterocycles. The van der Waals surface area contributed by atoms with Crippen LogP contribution in [0.15, 0.2) is 35.5 Å².